The molecule has 0 saturated heterocycles. The van der Waals surface area contributed by atoms with Crippen LogP contribution in [0.25, 0.3) is 28.0 Å². The van der Waals surface area contributed by atoms with E-state index in [2.05, 4.69) is 46.0 Å². The number of benzene rings is 3. The van der Waals surface area contributed by atoms with Gasteiger partial charge in [0.15, 0.2) is 11.0 Å². The Kier molecular flexibility index (Phi) is 5.37. The lowest BCUT2D eigenvalue weighted by Gasteiger charge is -2.11. The van der Waals surface area contributed by atoms with Gasteiger partial charge in [0.05, 0.1) is 0 Å². The average molecular weight is 440 g/mol. The summed E-state index contributed by atoms with van der Waals surface area (Å²) in [6, 6.07) is 25.8. The first-order valence-corrected chi connectivity index (χ1v) is 11.3. The predicted octanol–water partition coefficient (Wildman–Crippen LogP) is 5.95. The lowest BCUT2D eigenvalue weighted by Crippen LogP contribution is -2.02. The quantitative estimate of drug-likeness (QED) is 0.250. The molecule has 6 heteroatoms. The van der Waals surface area contributed by atoms with E-state index in [1.54, 1.807) is 17.8 Å². The molecule has 5 nitrogen and oxygen atoms in total. The van der Waals surface area contributed by atoms with Crippen LogP contribution in [0.15, 0.2) is 93.2 Å². The largest absolute Gasteiger partial charge is 0.423 e. The molecule has 5 rings (SSSR count). The lowest BCUT2D eigenvalue weighted by atomic mass is 10.1. The molecule has 3 aromatic carbocycles. The van der Waals surface area contributed by atoms with Crippen LogP contribution in [-0.4, -0.2) is 14.8 Å². The minimum atomic E-state index is -0.346. The van der Waals surface area contributed by atoms with Crippen LogP contribution in [0, 0.1) is 13.8 Å². The Bertz CT molecular complexity index is 1450. The van der Waals surface area contributed by atoms with Crippen molar-refractivity contribution in [2.75, 3.05) is 0 Å². The van der Waals surface area contributed by atoms with Gasteiger partial charge in [-0.3, -0.25) is 4.57 Å². The van der Waals surface area contributed by atoms with Crippen LogP contribution in [-0.2, 0) is 5.75 Å². The van der Waals surface area contributed by atoms with E-state index in [4.69, 9.17) is 4.42 Å². The molecule has 0 bridgehead atoms. The molecule has 0 saturated carbocycles. The number of aryl methyl sites for hydroxylation is 2. The molecule has 0 aliphatic rings. The summed E-state index contributed by atoms with van der Waals surface area (Å²) in [5.74, 6) is 1.36. The molecule has 0 N–H and O–H groups in total. The maximum atomic E-state index is 12.1. The Morgan fingerprint density at radius 1 is 0.875 bits per heavy atom. The molecule has 0 aliphatic heterocycles. The second-order valence-corrected chi connectivity index (χ2v) is 8.66. The number of hydrogen-bond acceptors (Lipinski definition) is 5. The molecule has 5 aromatic rings. The average Bonchev–Trinajstić information content (AvgIpc) is 3.23. The van der Waals surface area contributed by atoms with Crippen LogP contribution in [0.1, 0.15) is 16.7 Å². The number of thioether (sulfide) groups is 1. The van der Waals surface area contributed by atoms with Crippen molar-refractivity contribution in [2.45, 2.75) is 24.8 Å². The van der Waals surface area contributed by atoms with E-state index in [9.17, 15) is 4.79 Å². The summed E-state index contributed by atoms with van der Waals surface area (Å²) in [6.45, 7) is 4.09. The Labute approximate surface area is 189 Å². The second-order valence-electron chi connectivity index (χ2n) is 7.72. The van der Waals surface area contributed by atoms with Gasteiger partial charge in [0, 0.05) is 28.5 Å². The van der Waals surface area contributed by atoms with Crippen molar-refractivity contribution in [1.82, 2.24) is 14.8 Å². The lowest BCUT2D eigenvalue weighted by molar-refractivity contribution is 0.559. The summed E-state index contributed by atoms with van der Waals surface area (Å²) in [6.07, 6.45) is 0. The van der Waals surface area contributed by atoms with Crippen LogP contribution in [0.4, 0.5) is 0 Å². The fourth-order valence-corrected chi connectivity index (χ4v) is 4.61. The summed E-state index contributed by atoms with van der Waals surface area (Å²) in [5.41, 5.74) is 5.48. The zero-order valence-electron chi connectivity index (χ0n) is 17.8. The zero-order valence-corrected chi connectivity index (χ0v) is 18.6. The summed E-state index contributed by atoms with van der Waals surface area (Å²) in [5, 5.41) is 10.7. The minimum Gasteiger partial charge on any atom is -0.423 e. The highest BCUT2D eigenvalue weighted by atomic mass is 32.2. The van der Waals surface area contributed by atoms with Crippen LogP contribution >= 0.6 is 11.8 Å². The van der Waals surface area contributed by atoms with Crippen molar-refractivity contribution < 1.29 is 4.42 Å². The monoisotopic (exact) mass is 439 g/mol. The number of aromatic nitrogens is 3. The van der Waals surface area contributed by atoms with Crippen LogP contribution in [0.3, 0.4) is 0 Å². The van der Waals surface area contributed by atoms with Crippen molar-refractivity contribution in [2.24, 2.45) is 0 Å². The first-order chi connectivity index (χ1) is 15.6. The molecule has 0 aliphatic carbocycles. The number of para-hydroxylation sites is 1. The summed E-state index contributed by atoms with van der Waals surface area (Å²) < 4.78 is 7.44. The fourth-order valence-electron chi connectivity index (χ4n) is 3.67. The van der Waals surface area contributed by atoms with Crippen LogP contribution in [0.2, 0.25) is 0 Å². The normalized spacial score (nSPS) is 11.2. The molecule has 0 spiro atoms. The number of fused-ring (bicyclic) bond motifs is 1. The van der Waals surface area contributed by atoms with Gasteiger partial charge in [0.25, 0.3) is 0 Å². The zero-order chi connectivity index (χ0) is 22.1. The van der Waals surface area contributed by atoms with Crippen molar-refractivity contribution in [3.05, 3.63) is 106 Å². The molecule has 2 heterocycles. The maximum absolute atomic E-state index is 12.1. The highest BCUT2D eigenvalue weighted by Crippen LogP contribution is 2.31. The Morgan fingerprint density at radius 2 is 1.62 bits per heavy atom. The predicted molar refractivity (Wildman–Crippen MR) is 128 cm³/mol. The number of nitrogens with zero attached hydrogens (tertiary/aromatic N) is 3. The van der Waals surface area contributed by atoms with E-state index >= 15 is 0 Å². The molecule has 0 amide bonds. The standard InChI is InChI=1S/C26H21N3O2S/c1-17-8-11-19(12-9-17)25-27-28-26(29(25)21-6-4-3-5-7-21)32-16-20-15-24(30)31-23-13-10-18(2)14-22(20)23/h3-15H,16H2,1-2H3. The van der Waals surface area contributed by atoms with Gasteiger partial charge in [0.2, 0.25) is 0 Å². The molecule has 32 heavy (non-hydrogen) atoms. The fraction of sp³-hybridized carbons (Fsp3) is 0.115. The molecule has 2 aromatic heterocycles. The van der Waals surface area contributed by atoms with Gasteiger partial charge in [0.1, 0.15) is 5.58 Å². The molecule has 0 unspecified atom stereocenters. The van der Waals surface area contributed by atoms with Gasteiger partial charge in [-0.05, 0) is 43.7 Å². The van der Waals surface area contributed by atoms with E-state index in [0.717, 1.165) is 38.7 Å². The summed E-state index contributed by atoms with van der Waals surface area (Å²) in [7, 11) is 0. The third-order valence-electron chi connectivity index (χ3n) is 5.30. The summed E-state index contributed by atoms with van der Waals surface area (Å²) in [4.78, 5) is 12.1. The van der Waals surface area contributed by atoms with E-state index in [1.807, 2.05) is 55.5 Å². The highest BCUT2D eigenvalue weighted by molar-refractivity contribution is 7.98. The Balaban J connectivity index is 1.56. The maximum Gasteiger partial charge on any atom is 0.336 e. The van der Waals surface area contributed by atoms with Crippen molar-refractivity contribution in [1.29, 1.82) is 0 Å². The molecule has 0 fully saturated rings. The van der Waals surface area contributed by atoms with E-state index in [0.29, 0.717) is 11.3 Å². The summed E-state index contributed by atoms with van der Waals surface area (Å²) >= 11 is 1.55. The minimum absolute atomic E-state index is 0.346. The first kappa shape index (κ1) is 20.3. The van der Waals surface area contributed by atoms with E-state index < -0.39 is 0 Å². The van der Waals surface area contributed by atoms with Crippen LogP contribution in [0.5, 0.6) is 0 Å². The Morgan fingerprint density at radius 3 is 2.41 bits per heavy atom. The molecule has 158 valence electrons. The van der Waals surface area contributed by atoms with Gasteiger partial charge in [-0.25, -0.2) is 4.79 Å². The molecule has 0 radical (unpaired) electrons. The number of hydrogen-bond donors (Lipinski definition) is 0. The van der Waals surface area contributed by atoms with Crippen LogP contribution < -0.4 is 5.63 Å². The van der Waals surface area contributed by atoms with Crippen molar-refractivity contribution in [3.63, 3.8) is 0 Å². The van der Waals surface area contributed by atoms with Gasteiger partial charge in [-0.15, -0.1) is 10.2 Å². The Hall–Kier alpha value is -3.64. The first-order valence-electron chi connectivity index (χ1n) is 10.3. The van der Waals surface area contributed by atoms with Gasteiger partial charge in [-0.2, -0.15) is 0 Å². The van der Waals surface area contributed by atoms with Crippen molar-refractivity contribution in [3.8, 4) is 17.1 Å². The van der Waals surface area contributed by atoms with Crippen molar-refractivity contribution >= 4 is 22.7 Å². The second kappa shape index (κ2) is 8.48. The third-order valence-corrected chi connectivity index (χ3v) is 6.28. The van der Waals surface area contributed by atoms with Gasteiger partial charge >= 0.3 is 5.63 Å². The van der Waals surface area contributed by atoms with Gasteiger partial charge < -0.3 is 4.42 Å². The SMILES string of the molecule is Cc1ccc(-c2nnc(SCc3cc(=O)oc4ccc(C)cc34)n2-c2ccccc2)cc1. The topological polar surface area (TPSA) is 60.9 Å². The van der Waals surface area contributed by atoms with E-state index in [-0.39, 0.29) is 5.63 Å². The number of rotatable bonds is 5. The molecular formula is C26H21N3O2S. The third kappa shape index (κ3) is 3.97. The highest BCUT2D eigenvalue weighted by Gasteiger charge is 2.17. The smallest absolute Gasteiger partial charge is 0.336 e. The molecular weight excluding hydrogens is 418 g/mol. The van der Waals surface area contributed by atoms with E-state index in [1.165, 1.54) is 5.56 Å². The molecule has 0 atom stereocenters. The van der Waals surface area contributed by atoms with Gasteiger partial charge in [-0.1, -0.05) is 71.4 Å².